The van der Waals surface area contributed by atoms with Crippen LogP contribution in [0.3, 0.4) is 0 Å². The average molecular weight is 149 g/mol. The van der Waals surface area contributed by atoms with Crippen LogP contribution in [-0.2, 0) is 4.74 Å². The maximum Gasteiger partial charge on any atom is 0.273 e. The summed E-state index contributed by atoms with van der Waals surface area (Å²) in [7, 11) is 0. The zero-order valence-electron chi connectivity index (χ0n) is 5.49. The van der Waals surface area contributed by atoms with E-state index < -0.39 is 18.1 Å². The zero-order chi connectivity index (χ0) is 7.24. The Kier molecular flexibility index (Phi) is 1.09. The molecule has 0 amide bonds. The Bertz CT molecular complexity index is 156. The van der Waals surface area contributed by atoms with Gasteiger partial charge in [-0.05, 0) is 0 Å². The maximum atomic E-state index is 12.5. The summed E-state index contributed by atoms with van der Waals surface area (Å²) in [5, 5.41) is 2.92. The Labute approximate surface area is 57.5 Å². The first-order chi connectivity index (χ1) is 4.62. The van der Waals surface area contributed by atoms with Crippen molar-refractivity contribution in [3.8, 4) is 0 Å². The van der Waals surface area contributed by atoms with Gasteiger partial charge in [-0.15, -0.1) is 0 Å². The van der Waals surface area contributed by atoms with Gasteiger partial charge in [-0.3, -0.25) is 0 Å². The van der Waals surface area contributed by atoms with Crippen LogP contribution in [-0.4, -0.2) is 31.2 Å². The molecule has 2 fully saturated rings. The van der Waals surface area contributed by atoms with Crippen LogP contribution >= 0.6 is 0 Å². The summed E-state index contributed by atoms with van der Waals surface area (Å²) in [6.07, 6.45) is -0.104. The number of nitrogens with one attached hydrogen (secondary N) is 1. The number of hydrogen-bond donors (Lipinski definition) is 1. The molecular weight excluding hydrogens is 140 g/mol. The minimum Gasteiger partial charge on any atom is -0.366 e. The zero-order valence-corrected chi connectivity index (χ0v) is 5.49. The number of alkyl halides is 2. The highest BCUT2D eigenvalue weighted by molar-refractivity contribution is 5.02. The van der Waals surface area contributed by atoms with Crippen molar-refractivity contribution in [2.45, 2.75) is 17.9 Å². The SMILES string of the molecule is FC1(F)COC2(CNC2)C1. The maximum absolute atomic E-state index is 12.5. The highest BCUT2D eigenvalue weighted by atomic mass is 19.3. The van der Waals surface area contributed by atoms with Gasteiger partial charge in [0.25, 0.3) is 5.92 Å². The summed E-state index contributed by atoms with van der Waals surface area (Å²) in [4.78, 5) is 0. The topological polar surface area (TPSA) is 21.3 Å². The molecule has 0 unspecified atom stereocenters. The summed E-state index contributed by atoms with van der Waals surface area (Å²) in [5.41, 5.74) is -0.510. The van der Waals surface area contributed by atoms with Crippen LogP contribution in [0.2, 0.25) is 0 Å². The first-order valence-electron chi connectivity index (χ1n) is 3.35. The van der Waals surface area contributed by atoms with Gasteiger partial charge in [-0.2, -0.15) is 0 Å². The monoisotopic (exact) mass is 149 g/mol. The van der Waals surface area contributed by atoms with E-state index in [2.05, 4.69) is 5.32 Å². The molecular formula is C6H9F2NO. The van der Waals surface area contributed by atoms with Crippen molar-refractivity contribution >= 4 is 0 Å². The smallest absolute Gasteiger partial charge is 0.273 e. The normalized spacial score (nSPS) is 34.2. The summed E-state index contributed by atoms with van der Waals surface area (Å²) >= 11 is 0. The molecule has 0 aliphatic carbocycles. The van der Waals surface area contributed by atoms with Gasteiger partial charge in [0.05, 0.1) is 5.60 Å². The fourth-order valence-electron chi connectivity index (χ4n) is 1.46. The molecule has 58 valence electrons. The Balaban J connectivity index is 2.05. The first kappa shape index (κ1) is 6.49. The van der Waals surface area contributed by atoms with Crippen LogP contribution in [0.25, 0.3) is 0 Å². The van der Waals surface area contributed by atoms with Gasteiger partial charge in [0.2, 0.25) is 0 Å². The van der Waals surface area contributed by atoms with E-state index >= 15 is 0 Å². The molecule has 0 bridgehead atoms. The Morgan fingerprint density at radius 2 is 2.00 bits per heavy atom. The highest BCUT2D eigenvalue weighted by Gasteiger charge is 2.53. The van der Waals surface area contributed by atoms with E-state index in [0.717, 1.165) is 0 Å². The standard InChI is InChI=1S/C6H9F2NO/c7-6(8)1-5(10-4-6)2-9-3-5/h9H,1-4H2. The predicted molar refractivity (Wildman–Crippen MR) is 31.1 cm³/mol. The van der Waals surface area contributed by atoms with Gasteiger partial charge in [-0.1, -0.05) is 0 Å². The molecule has 2 aliphatic heterocycles. The lowest BCUT2D eigenvalue weighted by Crippen LogP contribution is -2.59. The van der Waals surface area contributed by atoms with Crippen molar-refractivity contribution in [1.82, 2.24) is 5.32 Å². The predicted octanol–water partition coefficient (Wildman–Crippen LogP) is 0.384. The van der Waals surface area contributed by atoms with Gasteiger partial charge in [0, 0.05) is 19.5 Å². The van der Waals surface area contributed by atoms with Crippen molar-refractivity contribution in [2.24, 2.45) is 0 Å². The summed E-state index contributed by atoms with van der Waals surface area (Å²) < 4.78 is 30.0. The molecule has 0 aromatic rings. The van der Waals surface area contributed by atoms with Crippen molar-refractivity contribution < 1.29 is 13.5 Å². The van der Waals surface area contributed by atoms with Crippen LogP contribution in [0, 0.1) is 0 Å². The number of rotatable bonds is 0. The van der Waals surface area contributed by atoms with Gasteiger partial charge < -0.3 is 10.1 Å². The van der Waals surface area contributed by atoms with E-state index in [-0.39, 0.29) is 6.42 Å². The second-order valence-corrected chi connectivity index (χ2v) is 3.11. The molecule has 0 saturated carbocycles. The van der Waals surface area contributed by atoms with Gasteiger partial charge in [0.1, 0.15) is 6.61 Å². The third kappa shape index (κ3) is 0.828. The second kappa shape index (κ2) is 1.68. The largest absolute Gasteiger partial charge is 0.366 e. The molecule has 4 heteroatoms. The molecule has 2 rings (SSSR count). The van der Waals surface area contributed by atoms with Crippen LogP contribution in [0.5, 0.6) is 0 Å². The third-order valence-electron chi connectivity index (χ3n) is 2.06. The lowest BCUT2D eigenvalue weighted by molar-refractivity contribution is -0.0449. The van der Waals surface area contributed by atoms with E-state index in [0.29, 0.717) is 13.1 Å². The Hall–Kier alpha value is -0.220. The lowest BCUT2D eigenvalue weighted by atomic mass is 9.92. The van der Waals surface area contributed by atoms with Crippen LogP contribution in [0.1, 0.15) is 6.42 Å². The number of hydrogen-bond acceptors (Lipinski definition) is 2. The van der Waals surface area contributed by atoms with Gasteiger partial charge >= 0.3 is 0 Å². The average Bonchev–Trinajstić information content (AvgIpc) is 2.04. The van der Waals surface area contributed by atoms with Crippen molar-refractivity contribution in [3.63, 3.8) is 0 Å². The third-order valence-corrected chi connectivity index (χ3v) is 2.06. The van der Waals surface area contributed by atoms with Crippen molar-refractivity contribution in [3.05, 3.63) is 0 Å². The fourth-order valence-corrected chi connectivity index (χ4v) is 1.46. The first-order valence-corrected chi connectivity index (χ1v) is 3.35. The minimum absolute atomic E-state index is 0.104. The highest BCUT2D eigenvalue weighted by Crippen LogP contribution is 2.38. The van der Waals surface area contributed by atoms with E-state index in [1.54, 1.807) is 0 Å². The molecule has 2 nitrogen and oxygen atoms in total. The molecule has 2 heterocycles. The number of halogens is 2. The Morgan fingerprint density at radius 3 is 2.20 bits per heavy atom. The van der Waals surface area contributed by atoms with E-state index in [9.17, 15) is 8.78 Å². The van der Waals surface area contributed by atoms with Crippen LogP contribution < -0.4 is 5.32 Å². The fraction of sp³-hybridized carbons (Fsp3) is 1.00. The molecule has 2 saturated heterocycles. The summed E-state index contributed by atoms with van der Waals surface area (Å²) in [6, 6.07) is 0. The van der Waals surface area contributed by atoms with E-state index in [1.165, 1.54) is 0 Å². The molecule has 0 aromatic heterocycles. The molecule has 10 heavy (non-hydrogen) atoms. The van der Waals surface area contributed by atoms with Gasteiger partial charge in [0.15, 0.2) is 0 Å². The molecule has 0 radical (unpaired) electrons. The van der Waals surface area contributed by atoms with E-state index in [4.69, 9.17) is 4.74 Å². The summed E-state index contributed by atoms with van der Waals surface area (Å²) in [6.45, 7) is 0.778. The van der Waals surface area contributed by atoms with E-state index in [1.807, 2.05) is 0 Å². The number of ether oxygens (including phenoxy) is 1. The second-order valence-electron chi connectivity index (χ2n) is 3.11. The molecule has 2 aliphatic rings. The molecule has 0 atom stereocenters. The molecule has 0 aromatic carbocycles. The molecule has 1 spiro atoms. The Morgan fingerprint density at radius 1 is 1.30 bits per heavy atom. The van der Waals surface area contributed by atoms with Crippen molar-refractivity contribution in [2.75, 3.05) is 19.7 Å². The van der Waals surface area contributed by atoms with Crippen molar-refractivity contribution in [1.29, 1.82) is 0 Å². The minimum atomic E-state index is -2.58. The van der Waals surface area contributed by atoms with Crippen LogP contribution in [0.4, 0.5) is 8.78 Å². The van der Waals surface area contributed by atoms with Crippen LogP contribution in [0.15, 0.2) is 0 Å². The summed E-state index contributed by atoms with van der Waals surface area (Å²) in [5.74, 6) is -2.58. The van der Waals surface area contributed by atoms with Gasteiger partial charge in [-0.25, -0.2) is 8.78 Å². The lowest BCUT2D eigenvalue weighted by Gasteiger charge is -2.37. The quantitative estimate of drug-likeness (QED) is 0.537. The molecule has 1 N–H and O–H groups in total.